The lowest BCUT2D eigenvalue weighted by atomic mass is 9.86. The second-order valence-electron chi connectivity index (χ2n) is 7.31. The summed E-state index contributed by atoms with van der Waals surface area (Å²) in [5.74, 6) is 0.236. The molecule has 0 aromatic carbocycles. The highest BCUT2D eigenvalue weighted by Crippen LogP contribution is 2.25. The summed E-state index contributed by atoms with van der Waals surface area (Å²) >= 11 is 0. The Morgan fingerprint density at radius 1 is 1.07 bits per heavy atom. The highest BCUT2D eigenvalue weighted by molar-refractivity contribution is 5.94. The van der Waals surface area contributed by atoms with E-state index in [1.165, 1.54) is 29.9 Å². The van der Waals surface area contributed by atoms with Crippen LogP contribution in [-0.2, 0) is 9.53 Å². The minimum absolute atomic E-state index is 0.0150. The fourth-order valence-electron chi connectivity index (χ4n) is 2.94. The molecule has 1 N–H and O–H groups in total. The maximum Gasteiger partial charge on any atom is 0.197 e. The average molecular weight is 377 g/mol. The molecule has 27 heavy (non-hydrogen) atoms. The lowest BCUT2D eigenvalue weighted by molar-refractivity contribution is -0.121. The summed E-state index contributed by atoms with van der Waals surface area (Å²) in [6.07, 6.45) is 13.1. The predicted octanol–water partition coefficient (Wildman–Crippen LogP) is 6.30. The van der Waals surface area contributed by atoms with Crippen LogP contribution in [0.4, 0.5) is 0 Å². The number of hydrogen-bond acceptors (Lipinski definition) is 3. The van der Waals surface area contributed by atoms with E-state index in [-0.39, 0.29) is 17.5 Å². The van der Waals surface area contributed by atoms with E-state index in [4.69, 9.17) is 4.74 Å². The third-order valence-electron chi connectivity index (χ3n) is 4.64. The first-order valence-corrected chi connectivity index (χ1v) is 10.2. The molecule has 0 amide bonds. The Morgan fingerprint density at radius 2 is 1.63 bits per heavy atom. The molecule has 0 radical (unpaired) electrons. The van der Waals surface area contributed by atoms with Crippen molar-refractivity contribution in [3.63, 3.8) is 0 Å². The summed E-state index contributed by atoms with van der Waals surface area (Å²) < 4.78 is 4.99. The fourth-order valence-corrected chi connectivity index (χ4v) is 2.94. The van der Waals surface area contributed by atoms with Gasteiger partial charge in [0.25, 0.3) is 0 Å². The van der Waals surface area contributed by atoms with Crippen molar-refractivity contribution in [3.05, 3.63) is 46.8 Å². The topological polar surface area (TPSA) is 46.5 Å². The van der Waals surface area contributed by atoms with Crippen LogP contribution in [0.15, 0.2) is 46.8 Å². The van der Waals surface area contributed by atoms with E-state index in [1.807, 2.05) is 13.8 Å². The van der Waals surface area contributed by atoms with Crippen molar-refractivity contribution in [2.24, 2.45) is 5.92 Å². The Kier molecular flexibility index (Phi) is 13.6. The van der Waals surface area contributed by atoms with Gasteiger partial charge in [-0.1, -0.05) is 48.8 Å². The first-order valence-electron chi connectivity index (χ1n) is 10.2. The summed E-state index contributed by atoms with van der Waals surface area (Å²) in [6, 6.07) is 0. The normalized spacial score (nSPS) is 20.4. The molecule has 1 aliphatic rings. The van der Waals surface area contributed by atoms with Gasteiger partial charge in [0.05, 0.1) is 13.2 Å². The first-order chi connectivity index (χ1) is 12.8. The molecule has 0 spiro atoms. The van der Waals surface area contributed by atoms with Gasteiger partial charge in [0.1, 0.15) is 0 Å². The summed E-state index contributed by atoms with van der Waals surface area (Å²) in [4.78, 5) is 11.9. The number of hydrogen-bond donors (Lipinski definition) is 1. The highest BCUT2D eigenvalue weighted by Gasteiger charge is 2.28. The van der Waals surface area contributed by atoms with Gasteiger partial charge < -0.3 is 9.84 Å². The molecule has 3 heteroatoms. The molecule has 0 saturated heterocycles. The van der Waals surface area contributed by atoms with Gasteiger partial charge >= 0.3 is 0 Å². The zero-order valence-electron chi connectivity index (χ0n) is 18.5. The van der Waals surface area contributed by atoms with Crippen molar-refractivity contribution in [1.82, 2.24) is 0 Å². The van der Waals surface area contributed by atoms with Crippen molar-refractivity contribution in [2.45, 2.75) is 86.2 Å². The highest BCUT2D eigenvalue weighted by atomic mass is 16.5. The van der Waals surface area contributed by atoms with E-state index in [0.717, 1.165) is 32.1 Å². The minimum Gasteiger partial charge on any atom is -0.493 e. The van der Waals surface area contributed by atoms with Crippen LogP contribution < -0.4 is 0 Å². The Hall–Kier alpha value is -1.61. The van der Waals surface area contributed by atoms with Crippen LogP contribution in [0.5, 0.6) is 0 Å². The van der Waals surface area contributed by atoms with Crippen LogP contribution in [-0.4, -0.2) is 24.1 Å². The SMILES string of the molecule is CC.COC1=CC(O)[C@H](C/C=C(\C)CC/C=C(\C)CCC=C(C)C)CC1=O. The van der Waals surface area contributed by atoms with Crippen LogP contribution in [0.3, 0.4) is 0 Å². The van der Waals surface area contributed by atoms with Gasteiger partial charge in [-0.2, -0.15) is 0 Å². The third kappa shape index (κ3) is 11.0. The molecule has 0 aromatic rings. The first kappa shape index (κ1) is 25.4. The molecule has 0 aliphatic heterocycles. The fraction of sp³-hybridized carbons (Fsp3) is 0.625. The van der Waals surface area contributed by atoms with Crippen LogP contribution in [0, 0.1) is 5.92 Å². The molecule has 154 valence electrons. The van der Waals surface area contributed by atoms with Crippen molar-refractivity contribution in [3.8, 4) is 0 Å². The maximum atomic E-state index is 11.9. The molecule has 0 fully saturated rings. The number of ketones is 1. The van der Waals surface area contributed by atoms with E-state index in [2.05, 4.69) is 45.9 Å². The molecule has 0 saturated carbocycles. The number of ether oxygens (including phenoxy) is 1. The van der Waals surface area contributed by atoms with Gasteiger partial charge in [-0.3, -0.25) is 4.79 Å². The van der Waals surface area contributed by atoms with E-state index in [0.29, 0.717) is 6.42 Å². The molecular formula is C24H40O3. The van der Waals surface area contributed by atoms with Gasteiger partial charge in [0.2, 0.25) is 0 Å². The molecular weight excluding hydrogens is 336 g/mol. The average Bonchev–Trinajstić information content (AvgIpc) is 2.63. The minimum atomic E-state index is -0.603. The Morgan fingerprint density at radius 3 is 2.19 bits per heavy atom. The Bertz CT molecular complexity index is 560. The van der Waals surface area contributed by atoms with Gasteiger partial charge in [-0.25, -0.2) is 0 Å². The maximum absolute atomic E-state index is 11.9. The number of carbonyl (C=O) groups is 1. The summed E-state index contributed by atoms with van der Waals surface area (Å²) in [7, 11) is 1.47. The van der Waals surface area contributed by atoms with Crippen LogP contribution >= 0.6 is 0 Å². The van der Waals surface area contributed by atoms with Gasteiger partial charge in [-0.05, 0) is 71.8 Å². The number of aliphatic hydroxyl groups is 1. The molecule has 1 unspecified atom stereocenters. The van der Waals surface area contributed by atoms with Gasteiger partial charge in [-0.15, -0.1) is 0 Å². The monoisotopic (exact) mass is 376 g/mol. The van der Waals surface area contributed by atoms with Crippen molar-refractivity contribution in [2.75, 3.05) is 7.11 Å². The zero-order valence-corrected chi connectivity index (χ0v) is 18.5. The largest absolute Gasteiger partial charge is 0.493 e. The number of aliphatic hydroxyl groups excluding tert-OH is 1. The lowest BCUT2D eigenvalue weighted by Gasteiger charge is -2.24. The van der Waals surface area contributed by atoms with E-state index >= 15 is 0 Å². The van der Waals surface area contributed by atoms with Crippen molar-refractivity contribution < 1.29 is 14.6 Å². The molecule has 0 aromatic heterocycles. The molecule has 0 bridgehead atoms. The number of methoxy groups -OCH3 is 1. The quantitative estimate of drug-likeness (QED) is 0.480. The number of Topliss-reactive ketones (excluding diaryl/α,β-unsaturated/α-hetero) is 1. The Labute approximate surface area is 166 Å². The summed E-state index contributed by atoms with van der Waals surface area (Å²) in [5, 5.41) is 10.1. The second-order valence-corrected chi connectivity index (χ2v) is 7.31. The van der Waals surface area contributed by atoms with Crippen LogP contribution in [0.25, 0.3) is 0 Å². The van der Waals surface area contributed by atoms with E-state index in [1.54, 1.807) is 0 Å². The van der Waals surface area contributed by atoms with Crippen LogP contribution in [0.2, 0.25) is 0 Å². The molecule has 1 aliphatic carbocycles. The summed E-state index contributed by atoms with van der Waals surface area (Å²) in [5.41, 5.74) is 4.13. The van der Waals surface area contributed by atoms with Crippen molar-refractivity contribution >= 4 is 5.78 Å². The Balaban J connectivity index is 0.00000326. The molecule has 3 nitrogen and oxygen atoms in total. The predicted molar refractivity (Wildman–Crippen MR) is 116 cm³/mol. The molecule has 2 atom stereocenters. The van der Waals surface area contributed by atoms with E-state index in [9.17, 15) is 9.90 Å². The molecule has 0 heterocycles. The zero-order chi connectivity index (χ0) is 20.8. The van der Waals surface area contributed by atoms with Crippen molar-refractivity contribution in [1.29, 1.82) is 0 Å². The van der Waals surface area contributed by atoms with E-state index < -0.39 is 6.10 Å². The van der Waals surface area contributed by atoms with Crippen LogP contribution in [0.1, 0.15) is 80.1 Å². The number of allylic oxidation sites excluding steroid dienone is 7. The number of rotatable bonds is 9. The van der Waals surface area contributed by atoms with Gasteiger partial charge in [0, 0.05) is 6.42 Å². The third-order valence-corrected chi connectivity index (χ3v) is 4.64. The second kappa shape index (κ2) is 14.4. The number of carbonyl (C=O) groups excluding carboxylic acids is 1. The smallest absolute Gasteiger partial charge is 0.197 e. The lowest BCUT2D eigenvalue weighted by Crippen LogP contribution is -2.28. The summed E-state index contributed by atoms with van der Waals surface area (Å²) in [6.45, 7) is 12.6. The van der Waals surface area contributed by atoms with Gasteiger partial charge in [0.15, 0.2) is 11.5 Å². The molecule has 1 rings (SSSR count). The standard InChI is InChI=1S/C22H34O3.C2H6/c1-16(2)8-6-9-17(3)10-7-11-18(4)12-13-19-14-21(24)22(25-5)15-20(19)23;1-2/h8,10,12,15,19-20,23H,6-7,9,11,13-14H2,1-5H3;1-2H3/b17-10+,18-12+;/t19-,20?;/m1./s1.